The molecule has 0 aliphatic carbocycles. The first-order chi connectivity index (χ1) is 14.2. The van der Waals surface area contributed by atoms with Crippen LogP contribution in [0.5, 0.6) is 11.5 Å². The maximum Gasteiger partial charge on any atom is 0.308 e. The van der Waals surface area contributed by atoms with Crippen molar-refractivity contribution >= 4 is 29.2 Å². The molecule has 30 heavy (non-hydrogen) atoms. The minimum absolute atomic E-state index is 0.191. The highest BCUT2D eigenvalue weighted by atomic mass is 16.5. The molecule has 2 aromatic carbocycles. The standard InChI is InChI=1S/C22H25N3O5/c1-11(2)13-5-12(3)6-14(7-13)30-19-8-15-17(9-16(19)23)24-22(28)18(25-21(15)27)10-20(26)29-4/h5-9,11,18H,10,23H2,1-4H3,(H,24,28)(H,25,27)/t18-/m0/s1. The minimum Gasteiger partial charge on any atom is -0.469 e. The SMILES string of the molecule is COC(=O)C[C@@H]1NC(=O)c2cc(Oc3cc(C)cc(C(C)C)c3)c(N)cc2NC1=O. The van der Waals surface area contributed by atoms with E-state index in [1.165, 1.54) is 19.2 Å². The van der Waals surface area contributed by atoms with Gasteiger partial charge in [-0.1, -0.05) is 19.9 Å². The second kappa shape index (κ2) is 8.44. The summed E-state index contributed by atoms with van der Waals surface area (Å²) in [7, 11) is 1.22. The first kappa shape index (κ1) is 21.2. The smallest absolute Gasteiger partial charge is 0.308 e. The van der Waals surface area contributed by atoms with Gasteiger partial charge in [-0.15, -0.1) is 0 Å². The van der Waals surface area contributed by atoms with Crippen molar-refractivity contribution in [2.45, 2.75) is 39.2 Å². The molecule has 0 radical (unpaired) electrons. The molecule has 1 heterocycles. The number of aryl methyl sites for hydroxylation is 1. The highest BCUT2D eigenvalue weighted by Crippen LogP contribution is 2.35. The van der Waals surface area contributed by atoms with Crippen molar-refractivity contribution in [3.63, 3.8) is 0 Å². The second-order valence-corrected chi connectivity index (χ2v) is 7.57. The van der Waals surface area contributed by atoms with Gasteiger partial charge in [0.15, 0.2) is 5.75 Å². The van der Waals surface area contributed by atoms with Crippen molar-refractivity contribution in [2.24, 2.45) is 0 Å². The van der Waals surface area contributed by atoms with Crippen molar-refractivity contribution in [3.05, 3.63) is 47.0 Å². The number of methoxy groups -OCH3 is 1. The summed E-state index contributed by atoms with van der Waals surface area (Å²) in [6.45, 7) is 6.16. The lowest BCUT2D eigenvalue weighted by molar-refractivity contribution is -0.142. The first-order valence-electron chi connectivity index (χ1n) is 9.59. The molecule has 2 amide bonds. The summed E-state index contributed by atoms with van der Waals surface area (Å²) >= 11 is 0. The van der Waals surface area contributed by atoms with Crippen LogP contribution in [0.3, 0.4) is 0 Å². The topological polar surface area (TPSA) is 120 Å². The molecule has 0 aromatic heterocycles. The number of ether oxygens (including phenoxy) is 2. The number of hydrogen-bond donors (Lipinski definition) is 3. The number of nitrogen functional groups attached to an aromatic ring is 1. The summed E-state index contributed by atoms with van der Waals surface area (Å²) in [5, 5.41) is 5.18. The third-order valence-corrected chi connectivity index (χ3v) is 4.84. The van der Waals surface area contributed by atoms with Gasteiger partial charge in [-0.2, -0.15) is 0 Å². The van der Waals surface area contributed by atoms with Gasteiger partial charge >= 0.3 is 5.97 Å². The molecule has 0 saturated carbocycles. The lowest BCUT2D eigenvalue weighted by Gasteiger charge is -2.15. The van der Waals surface area contributed by atoms with Gasteiger partial charge in [0.1, 0.15) is 11.8 Å². The Bertz CT molecular complexity index is 1020. The predicted octanol–water partition coefficient (Wildman–Crippen LogP) is 3.11. The lowest BCUT2D eigenvalue weighted by Crippen LogP contribution is -2.42. The normalized spacial score (nSPS) is 15.7. The van der Waals surface area contributed by atoms with Gasteiger partial charge in [-0.25, -0.2) is 0 Å². The van der Waals surface area contributed by atoms with Gasteiger partial charge in [0.2, 0.25) is 5.91 Å². The highest BCUT2D eigenvalue weighted by Gasteiger charge is 2.30. The third kappa shape index (κ3) is 4.53. The number of anilines is 2. The number of fused-ring (bicyclic) bond motifs is 1. The molecule has 1 aliphatic heterocycles. The van der Waals surface area contributed by atoms with E-state index in [0.717, 1.165) is 11.1 Å². The number of rotatable bonds is 5. The molecule has 0 spiro atoms. The Morgan fingerprint density at radius 1 is 1.17 bits per heavy atom. The highest BCUT2D eigenvalue weighted by molar-refractivity contribution is 6.11. The van der Waals surface area contributed by atoms with Crippen LogP contribution in [0.1, 0.15) is 47.7 Å². The van der Waals surface area contributed by atoms with Crippen molar-refractivity contribution in [2.75, 3.05) is 18.2 Å². The Kier molecular flexibility index (Phi) is 5.96. The zero-order valence-electron chi connectivity index (χ0n) is 17.4. The molecule has 3 rings (SSSR count). The number of esters is 1. The van der Waals surface area contributed by atoms with E-state index in [1.807, 2.05) is 19.1 Å². The molecule has 2 aromatic rings. The molecule has 1 atom stereocenters. The summed E-state index contributed by atoms with van der Waals surface area (Å²) < 4.78 is 10.6. The summed E-state index contributed by atoms with van der Waals surface area (Å²) in [5.41, 5.74) is 8.99. The quantitative estimate of drug-likeness (QED) is 0.514. The molecular formula is C22H25N3O5. The van der Waals surface area contributed by atoms with Crippen molar-refractivity contribution < 1.29 is 23.9 Å². The van der Waals surface area contributed by atoms with Gasteiger partial charge < -0.3 is 25.8 Å². The van der Waals surface area contributed by atoms with Crippen LogP contribution in [0.2, 0.25) is 0 Å². The Balaban J connectivity index is 1.92. The summed E-state index contributed by atoms with van der Waals surface area (Å²) in [6, 6.07) is 7.80. The van der Waals surface area contributed by atoms with E-state index in [2.05, 4.69) is 35.3 Å². The molecule has 8 nitrogen and oxygen atoms in total. The molecule has 0 saturated heterocycles. The maximum atomic E-state index is 12.7. The van der Waals surface area contributed by atoms with Crippen LogP contribution in [-0.2, 0) is 14.3 Å². The average molecular weight is 411 g/mol. The number of carbonyl (C=O) groups excluding carboxylic acids is 3. The number of nitrogens with two attached hydrogens (primary N) is 1. The number of hydrogen-bond acceptors (Lipinski definition) is 6. The molecular weight excluding hydrogens is 386 g/mol. The van der Waals surface area contributed by atoms with Gasteiger partial charge in [-0.3, -0.25) is 14.4 Å². The van der Waals surface area contributed by atoms with Crippen molar-refractivity contribution in [3.8, 4) is 11.5 Å². The van der Waals surface area contributed by atoms with Crippen LogP contribution in [0.4, 0.5) is 11.4 Å². The Labute approximate surface area is 174 Å². The van der Waals surface area contributed by atoms with Gasteiger partial charge in [0.25, 0.3) is 5.91 Å². The van der Waals surface area contributed by atoms with Gasteiger partial charge in [-0.05, 0) is 48.2 Å². The largest absolute Gasteiger partial charge is 0.469 e. The molecule has 8 heteroatoms. The van der Waals surface area contributed by atoms with E-state index in [1.54, 1.807) is 0 Å². The van der Waals surface area contributed by atoms with Crippen LogP contribution in [0.15, 0.2) is 30.3 Å². The second-order valence-electron chi connectivity index (χ2n) is 7.57. The fraction of sp³-hybridized carbons (Fsp3) is 0.318. The zero-order chi connectivity index (χ0) is 22.0. The van der Waals surface area contributed by atoms with Crippen LogP contribution >= 0.6 is 0 Å². The fourth-order valence-corrected chi connectivity index (χ4v) is 3.19. The average Bonchev–Trinajstić information content (AvgIpc) is 2.78. The summed E-state index contributed by atoms with van der Waals surface area (Å²) in [4.78, 5) is 36.6. The molecule has 0 bridgehead atoms. The van der Waals surface area contributed by atoms with Crippen LogP contribution < -0.4 is 21.1 Å². The predicted molar refractivity (Wildman–Crippen MR) is 113 cm³/mol. The van der Waals surface area contributed by atoms with E-state index in [4.69, 9.17) is 10.5 Å². The molecule has 1 aliphatic rings. The Hall–Kier alpha value is -3.55. The summed E-state index contributed by atoms with van der Waals surface area (Å²) in [6.07, 6.45) is -0.276. The van der Waals surface area contributed by atoms with Crippen LogP contribution in [0, 0.1) is 6.92 Å². The Morgan fingerprint density at radius 3 is 2.57 bits per heavy atom. The van der Waals surface area contributed by atoms with E-state index < -0.39 is 23.8 Å². The molecule has 0 fully saturated rings. The van der Waals surface area contributed by atoms with Crippen LogP contribution in [0.25, 0.3) is 0 Å². The third-order valence-electron chi connectivity index (χ3n) is 4.84. The van der Waals surface area contributed by atoms with E-state index in [0.29, 0.717) is 17.4 Å². The van der Waals surface area contributed by atoms with Gasteiger partial charge in [0, 0.05) is 0 Å². The zero-order valence-corrected chi connectivity index (χ0v) is 17.4. The number of amides is 2. The van der Waals surface area contributed by atoms with Crippen molar-refractivity contribution in [1.82, 2.24) is 5.32 Å². The monoisotopic (exact) mass is 411 g/mol. The van der Waals surface area contributed by atoms with E-state index in [-0.39, 0.29) is 23.4 Å². The number of carbonyl (C=O) groups is 3. The number of benzene rings is 2. The number of nitrogens with one attached hydrogen (secondary N) is 2. The molecule has 158 valence electrons. The molecule has 0 unspecified atom stereocenters. The van der Waals surface area contributed by atoms with Crippen molar-refractivity contribution in [1.29, 1.82) is 0 Å². The van der Waals surface area contributed by atoms with E-state index >= 15 is 0 Å². The fourth-order valence-electron chi connectivity index (χ4n) is 3.19. The summed E-state index contributed by atoms with van der Waals surface area (Å²) in [5.74, 6) is -0.429. The van der Waals surface area contributed by atoms with Gasteiger partial charge in [0.05, 0.1) is 30.5 Å². The van der Waals surface area contributed by atoms with Crippen LogP contribution in [-0.4, -0.2) is 30.9 Å². The molecule has 4 N–H and O–H groups in total. The maximum absolute atomic E-state index is 12.7. The van der Waals surface area contributed by atoms with E-state index in [9.17, 15) is 14.4 Å². The Morgan fingerprint density at radius 2 is 1.90 bits per heavy atom. The lowest BCUT2D eigenvalue weighted by atomic mass is 10.0. The first-order valence-corrected chi connectivity index (χ1v) is 9.59. The minimum atomic E-state index is -1.05.